The highest BCUT2D eigenvalue weighted by Crippen LogP contribution is 2.31. The molecule has 5 rings (SSSR count). The summed E-state index contributed by atoms with van der Waals surface area (Å²) in [7, 11) is 0. The first-order valence-corrected chi connectivity index (χ1v) is 12.4. The van der Waals surface area contributed by atoms with Crippen LogP contribution in [0.25, 0.3) is 22.3 Å². The van der Waals surface area contributed by atoms with Crippen molar-refractivity contribution in [2.75, 3.05) is 11.9 Å². The molecule has 0 bridgehead atoms. The molecule has 7 nitrogen and oxygen atoms in total. The van der Waals surface area contributed by atoms with Crippen molar-refractivity contribution in [1.82, 2.24) is 15.3 Å². The van der Waals surface area contributed by atoms with Crippen LogP contribution in [0.1, 0.15) is 53.2 Å². The average Bonchev–Trinajstić information content (AvgIpc) is 2.90. The molecule has 1 unspecified atom stereocenters. The van der Waals surface area contributed by atoms with E-state index in [1.54, 1.807) is 30.3 Å². The lowest BCUT2D eigenvalue weighted by Gasteiger charge is -2.26. The van der Waals surface area contributed by atoms with Gasteiger partial charge in [0, 0.05) is 24.1 Å². The van der Waals surface area contributed by atoms with E-state index in [1.165, 1.54) is 6.07 Å². The van der Waals surface area contributed by atoms with Crippen LogP contribution in [0.3, 0.4) is 0 Å². The van der Waals surface area contributed by atoms with Crippen LogP contribution in [0.2, 0.25) is 0 Å². The molecule has 0 radical (unpaired) electrons. The van der Waals surface area contributed by atoms with Gasteiger partial charge in [-0.25, -0.2) is 14.4 Å². The van der Waals surface area contributed by atoms with Crippen LogP contribution < -0.4 is 10.6 Å². The Kier molecular flexibility index (Phi) is 7.07. The maximum absolute atomic E-state index is 13.7. The highest BCUT2D eigenvalue weighted by atomic mass is 19.1. The van der Waals surface area contributed by atoms with Gasteiger partial charge < -0.3 is 15.7 Å². The summed E-state index contributed by atoms with van der Waals surface area (Å²) in [6.45, 7) is 0.425. The van der Waals surface area contributed by atoms with E-state index in [9.17, 15) is 14.0 Å². The number of nitrogens with one attached hydrogen (secondary N) is 2. The molecular weight excluding hydrogens is 471 g/mol. The van der Waals surface area contributed by atoms with E-state index < -0.39 is 5.97 Å². The van der Waals surface area contributed by atoms with Crippen LogP contribution in [-0.4, -0.2) is 33.5 Å². The molecule has 0 saturated carbocycles. The number of aliphatic carboxylic acids is 1. The number of rotatable bonds is 8. The van der Waals surface area contributed by atoms with Gasteiger partial charge in [-0.3, -0.25) is 9.59 Å². The van der Waals surface area contributed by atoms with E-state index in [2.05, 4.69) is 10.6 Å². The van der Waals surface area contributed by atoms with Crippen molar-refractivity contribution in [2.24, 2.45) is 0 Å². The fraction of sp³-hybridized carbons (Fsp3) is 0.241. The third-order valence-corrected chi connectivity index (χ3v) is 6.56. The van der Waals surface area contributed by atoms with Crippen molar-refractivity contribution in [3.05, 3.63) is 89.2 Å². The molecule has 0 fully saturated rings. The summed E-state index contributed by atoms with van der Waals surface area (Å²) in [6.07, 6.45) is 2.97. The summed E-state index contributed by atoms with van der Waals surface area (Å²) in [5.41, 5.74) is 5.10. The lowest BCUT2D eigenvalue weighted by molar-refractivity contribution is -0.137. The lowest BCUT2D eigenvalue weighted by atomic mass is 9.87. The molecule has 8 heteroatoms. The molecule has 1 amide bonds. The van der Waals surface area contributed by atoms with E-state index in [-0.39, 0.29) is 24.2 Å². The van der Waals surface area contributed by atoms with Crippen LogP contribution in [-0.2, 0) is 11.2 Å². The number of hydrogen-bond donors (Lipinski definition) is 3. The van der Waals surface area contributed by atoms with Gasteiger partial charge in [-0.05, 0) is 67.1 Å². The van der Waals surface area contributed by atoms with Gasteiger partial charge >= 0.3 is 5.97 Å². The maximum Gasteiger partial charge on any atom is 0.303 e. The standard InChI is InChI=1S/C29H27FN4O3/c30-21-12-13-22-19(16-21)8-4-9-23(22)34-29(37)20-11-14-24-25(17-20)33-28(31-15-5-10-26(35)36)27(32-24)18-6-2-1-3-7-18/h1-3,6-7,11-14,16-17,23H,4-5,8-10,15H2,(H,31,33)(H,34,37)(H,35,36). The number of carboxylic acids is 1. The molecular formula is C29H27FN4O3. The summed E-state index contributed by atoms with van der Waals surface area (Å²) < 4.78 is 13.7. The molecule has 3 N–H and O–H groups in total. The molecule has 0 aliphatic heterocycles. The molecule has 1 aliphatic rings. The number of halogens is 1. The monoisotopic (exact) mass is 498 g/mol. The van der Waals surface area contributed by atoms with E-state index in [0.29, 0.717) is 41.1 Å². The number of aryl methyl sites for hydroxylation is 1. The second-order valence-corrected chi connectivity index (χ2v) is 9.18. The molecule has 188 valence electrons. The summed E-state index contributed by atoms with van der Waals surface area (Å²) in [6, 6.07) is 19.4. The number of carbonyl (C=O) groups excluding carboxylic acids is 1. The van der Waals surface area contributed by atoms with Crippen molar-refractivity contribution in [2.45, 2.75) is 38.1 Å². The van der Waals surface area contributed by atoms with Crippen molar-refractivity contribution in [1.29, 1.82) is 0 Å². The predicted octanol–water partition coefficient (Wildman–Crippen LogP) is 5.52. The zero-order valence-corrected chi connectivity index (χ0v) is 20.2. The Morgan fingerprint density at radius 1 is 1.00 bits per heavy atom. The first-order valence-electron chi connectivity index (χ1n) is 12.4. The average molecular weight is 499 g/mol. The number of anilines is 1. The second kappa shape index (κ2) is 10.7. The zero-order chi connectivity index (χ0) is 25.8. The Bertz CT molecular complexity index is 1460. The van der Waals surface area contributed by atoms with Gasteiger partial charge in [-0.15, -0.1) is 0 Å². The number of benzene rings is 3. The Labute approximate surface area is 213 Å². The second-order valence-electron chi connectivity index (χ2n) is 9.18. The minimum absolute atomic E-state index is 0.0515. The van der Waals surface area contributed by atoms with Crippen LogP contribution >= 0.6 is 0 Å². The van der Waals surface area contributed by atoms with E-state index in [0.717, 1.165) is 36.0 Å². The number of carboxylic acid groups (broad SMARTS) is 1. The smallest absolute Gasteiger partial charge is 0.303 e. The third kappa shape index (κ3) is 5.58. The van der Waals surface area contributed by atoms with Crippen molar-refractivity contribution in [3.8, 4) is 11.3 Å². The molecule has 4 aromatic rings. The lowest BCUT2D eigenvalue weighted by Crippen LogP contribution is -2.31. The molecule has 37 heavy (non-hydrogen) atoms. The van der Waals surface area contributed by atoms with E-state index in [1.807, 2.05) is 30.3 Å². The molecule has 0 spiro atoms. The Morgan fingerprint density at radius 2 is 1.84 bits per heavy atom. The van der Waals surface area contributed by atoms with E-state index in [4.69, 9.17) is 15.1 Å². The van der Waals surface area contributed by atoms with Gasteiger partial charge in [0.25, 0.3) is 5.91 Å². The molecule has 3 aromatic carbocycles. The SMILES string of the molecule is O=C(O)CCCNc1nc2cc(C(=O)NC3CCCc4cc(F)ccc43)ccc2nc1-c1ccccc1. The number of carbonyl (C=O) groups is 2. The van der Waals surface area contributed by atoms with Gasteiger partial charge in [0.2, 0.25) is 0 Å². The fourth-order valence-electron chi connectivity index (χ4n) is 4.74. The van der Waals surface area contributed by atoms with Gasteiger partial charge in [0.15, 0.2) is 5.82 Å². The Hall–Kier alpha value is -4.33. The van der Waals surface area contributed by atoms with Gasteiger partial charge in [-0.1, -0.05) is 36.4 Å². The first kappa shape index (κ1) is 24.4. The van der Waals surface area contributed by atoms with Crippen LogP contribution in [0, 0.1) is 5.82 Å². The van der Waals surface area contributed by atoms with Crippen molar-refractivity contribution < 1.29 is 19.1 Å². The highest BCUT2D eigenvalue weighted by molar-refractivity contribution is 5.98. The number of hydrogen-bond acceptors (Lipinski definition) is 5. The first-order chi connectivity index (χ1) is 18.0. The molecule has 1 heterocycles. The van der Waals surface area contributed by atoms with Crippen LogP contribution in [0.5, 0.6) is 0 Å². The number of fused-ring (bicyclic) bond motifs is 2. The largest absolute Gasteiger partial charge is 0.481 e. The van der Waals surface area contributed by atoms with Crippen LogP contribution in [0.15, 0.2) is 66.7 Å². The fourth-order valence-corrected chi connectivity index (χ4v) is 4.74. The normalized spacial score (nSPS) is 14.7. The van der Waals surface area contributed by atoms with Gasteiger partial charge in [-0.2, -0.15) is 0 Å². The predicted molar refractivity (Wildman–Crippen MR) is 140 cm³/mol. The number of nitrogens with zero attached hydrogens (tertiary/aromatic N) is 2. The maximum atomic E-state index is 13.7. The minimum Gasteiger partial charge on any atom is -0.481 e. The van der Waals surface area contributed by atoms with E-state index >= 15 is 0 Å². The summed E-state index contributed by atoms with van der Waals surface area (Å²) in [4.78, 5) is 33.6. The molecule has 1 aromatic heterocycles. The Morgan fingerprint density at radius 3 is 2.65 bits per heavy atom. The number of aromatic nitrogens is 2. The van der Waals surface area contributed by atoms with Crippen molar-refractivity contribution >= 4 is 28.7 Å². The molecule has 0 saturated heterocycles. The topological polar surface area (TPSA) is 104 Å². The summed E-state index contributed by atoms with van der Waals surface area (Å²) >= 11 is 0. The molecule has 1 aliphatic carbocycles. The van der Waals surface area contributed by atoms with Gasteiger partial charge in [0.1, 0.15) is 11.5 Å². The summed E-state index contributed by atoms with van der Waals surface area (Å²) in [5, 5.41) is 15.3. The van der Waals surface area contributed by atoms with Crippen molar-refractivity contribution in [3.63, 3.8) is 0 Å². The van der Waals surface area contributed by atoms with Crippen LogP contribution in [0.4, 0.5) is 10.2 Å². The summed E-state index contributed by atoms with van der Waals surface area (Å²) in [5.74, 6) is -0.809. The third-order valence-electron chi connectivity index (χ3n) is 6.56. The quantitative estimate of drug-likeness (QED) is 0.276. The number of amides is 1. The minimum atomic E-state index is -0.851. The zero-order valence-electron chi connectivity index (χ0n) is 20.2. The molecule has 1 atom stereocenters. The Balaban J connectivity index is 1.42. The van der Waals surface area contributed by atoms with Gasteiger partial charge in [0.05, 0.1) is 17.1 Å². The highest BCUT2D eigenvalue weighted by Gasteiger charge is 2.23.